The lowest BCUT2D eigenvalue weighted by atomic mass is 9.97. The second-order valence-corrected chi connectivity index (χ2v) is 6.81. The predicted molar refractivity (Wildman–Crippen MR) is 77.4 cm³/mol. The monoisotopic (exact) mass is 273 g/mol. The van der Waals surface area contributed by atoms with E-state index in [1.807, 2.05) is 20.8 Å². The van der Waals surface area contributed by atoms with Crippen LogP contribution in [0.3, 0.4) is 0 Å². The van der Waals surface area contributed by atoms with Crippen molar-refractivity contribution >= 4 is 0 Å². The molecule has 19 heavy (non-hydrogen) atoms. The molecule has 114 valence electrons. The Balaban J connectivity index is 1.99. The molecule has 2 N–H and O–H groups in total. The molecular weight excluding hydrogens is 242 g/mol. The second kappa shape index (κ2) is 7.58. The lowest BCUT2D eigenvalue weighted by Gasteiger charge is -2.29. The minimum atomic E-state index is -0.146. The van der Waals surface area contributed by atoms with E-state index in [1.165, 1.54) is 12.8 Å². The average Bonchev–Trinajstić information content (AvgIpc) is 3.10. The van der Waals surface area contributed by atoms with Gasteiger partial charge in [-0.05, 0) is 53.4 Å². The molecular formula is C15H31NO3. The third-order valence-electron chi connectivity index (χ3n) is 3.26. The fourth-order valence-electron chi connectivity index (χ4n) is 1.99. The summed E-state index contributed by atoms with van der Waals surface area (Å²) in [5.74, 6) is 0. The highest BCUT2D eigenvalue weighted by atomic mass is 16.5. The van der Waals surface area contributed by atoms with Crippen molar-refractivity contribution in [2.45, 2.75) is 70.6 Å². The van der Waals surface area contributed by atoms with Gasteiger partial charge in [0.15, 0.2) is 0 Å². The Labute approximate surface area is 117 Å². The summed E-state index contributed by atoms with van der Waals surface area (Å²) < 4.78 is 11.1. The van der Waals surface area contributed by atoms with E-state index in [4.69, 9.17) is 9.47 Å². The maximum absolute atomic E-state index is 9.47. The number of rotatable bonds is 10. The molecule has 0 saturated heterocycles. The summed E-state index contributed by atoms with van der Waals surface area (Å²) in [7, 11) is 0. The van der Waals surface area contributed by atoms with Crippen LogP contribution in [-0.2, 0) is 9.47 Å². The predicted octanol–water partition coefficient (Wildman–Crippen LogP) is 2.10. The van der Waals surface area contributed by atoms with Crippen molar-refractivity contribution in [3.63, 3.8) is 0 Å². The Kier molecular flexibility index (Phi) is 6.74. The molecule has 1 fully saturated rings. The number of hydrogen-bond donors (Lipinski definition) is 2. The molecule has 0 aromatic heterocycles. The van der Waals surface area contributed by atoms with Gasteiger partial charge in [-0.1, -0.05) is 0 Å². The maximum atomic E-state index is 9.47. The SMILES string of the molecule is CC(CO)(CCCOCCOC(C)(C)C)NC1CC1. The van der Waals surface area contributed by atoms with E-state index in [-0.39, 0.29) is 17.7 Å². The van der Waals surface area contributed by atoms with Gasteiger partial charge in [-0.2, -0.15) is 0 Å². The number of aliphatic hydroxyl groups excluding tert-OH is 1. The molecule has 1 atom stereocenters. The number of nitrogens with one attached hydrogen (secondary N) is 1. The third-order valence-corrected chi connectivity index (χ3v) is 3.26. The van der Waals surface area contributed by atoms with Crippen molar-refractivity contribution < 1.29 is 14.6 Å². The highest BCUT2D eigenvalue weighted by Gasteiger charge is 2.31. The minimum Gasteiger partial charge on any atom is -0.394 e. The summed E-state index contributed by atoms with van der Waals surface area (Å²) in [5, 5.41) is 13.0. The summed E-state index contributed by atoms with van der Waals surface area (Å²) in [4.78, 5) is 0. The first-order chi connectivity index (χ1) is 8.85. The summed E-state index contributed by atoms with van der Waals surface area (Å²) in [6.45, 7) is 10.4. The van der Waals surface area contributed by atoms with Crippen LogP contribution in [0, 0.1) is 0 Å². The minimum absolute atomic E-state index is 0.0903. The Bertz CT molecular complexity index is 248. The Morgan fingerprint density at radius 1 is 1.11 bits per heavy atom. The molecule has 4 nitrogen and oxygen atoms in total. The summed E-state index contributed by atoms with van der Waals surface area (Å²) in [6, 6.07) is 0.623. The maximum Gasteiger partial charge on any atom is 0.0707 e. The van der Waals surface area contributed by atoms with Crippen molar-refractivity contribution in [2.24, 2.45) is 0 Å². The van der Waals surface area contributed by atoms with Gasteiger partial charge in [0.05, 0.1) is 25.4 Å². The van der Waals surface area contributed by atoms with Crippen LogP contribution in [-0.4, -0.2) is 48.7 Å². The Hall–Kier alpha value is -0.160. The zero-order chi connectivity index (χ0) is 14.4. The zero-order valence-corrected chi connectivity index (χ0v) is 13.0. The van der Waals surface area contributed by atoms with Crippen LogP contribution >= 0.6 is 0 Å². The molecule has 0 heterocycles. The molecule has 0 radical (unpaired) electrons. The number of ether oxygens (including phenoxy) is 2. The topological polar surface area (TPSA) is 50.7 Å². The highest BCUT2D eigenvalue weighted by molar-refractivity contribution is 4.92. The van der Waals surface area contributed by atoms with Gasteiger partial charge in [0.2, 0.25) is 0 Å². The highest BCUT2D eigenvalue weighted by Crippen LogP contribution is 2.24. The molecule has 1 unspecified atom stereocenters. The van der Waals surface area contributed by atoms with Gasteiger partial charge >= 0.3 is 0 Å². The van der Waals surface area contributed by atoms with E-state index in [9.17, 15) is 5.11 Å². The van der Waals surface area contributed by atoms with Gasteiger partial charge in [-0.25, -0.2) is 0 Å². The largest absolute Gasteiger partial charge is 0.394 e. The first-order valence-electron chi connectivity index (χ1n) is 7.45. The Morgan fingerprint density at radius 2 is 1.79 bits per heavy atom. The first kappa shape index (κ1) is 16.9. The van der Waals surface area contributed by atoms with Gasteiger partial charge in [-0.15, -0.1) is 0 Å². The van der Waals surface area contributed by atoms with Crippen molar-refractivity contribution in [3.8, 4) is 0 Å². The third kappa shape index (κ3) is 8.58. The fraction of sp³-hybridized carbons (Fsp3) is 1.00. The van der Waals surface area contributed by atoms with Crippen molar-refractivity contribution in [2.75, 3.05) is 26.4 Å². The van der Waals surface area contributed by atoms with E-state index in [2.05, 4.69) is 12.2 Å². The summed E-state index contributed by atoms with van der Waals surface area (Å²) >= 11 is 0. The van der Waals surface area contributed by atoms with E-state index >= 15 is 0 Å². The molecule has 1 aliphatic rings. The lowest BCUT2D eigenvalue weighted by Crippen LogP contribution is -2.47. The quantitative estimate of drug-likeness (QED) is 0.599. The summed E-state index contributed by atoms with van der Waals surface area (Å²) in [5.41, 5.74) is -0.237. The van der Waals surface area contributed by atoms with Gasteiger partial charge in [-0.3, -0.25) is 0 Å². The van der Waals surface area contributed by atoms with Crippen molar-refractivity contribution in [3.05, 3.63) is 0 Å². The standard InChI is InChI=1S/C15H31NO3/c1-14(2,3)19-11-10-18-9-5-8-15(4,12-17)16-13-6-7-13/h13,16-17H,5-12H2,1-4H3. The van der Waals surface area contributed by atoms with Crippen LogP contribution in [0.25, 0.3) is 0 Å². The van der Waals surface area contributed by atoms with E-state index in [1.54, 1.807) is 0 Å². The van der Waals surface area contributed by atoms with Gasteiger partial charge in [0, 0.05) is 18.2 Å². The van der Waals surface area contributed by atoms with Crippen molar-refractivity contribution in [1.29, 1.82) is 0 Å². The van der Waals surface area contributed by atoms with E-state index < -0.39 is 0 Å². The van der Waals surface area contributed by atoms with Crippen molar-refractivity contribution in [1.82, 2.24) is 5.32 Å². The Morgan fingerprint density at radius 3 is 2.32 bits per heavy atom. The van der Waals surface area contributed by atoms with Crippen LogP contribution in [0.1, 0.15) is 53.4 Å². The van der Waals surface area contributed by atoms with E-state index in [0.29, 0.717) is 19.3 Å². The van der Waals surface area contributed by atoms with Crippen LogP contribution in [0.2, 0.25) is 0 Å². The summed E-state index contributed by atoms with van der Waals surface area (Å²) in [6.07, 6.45) is 4.40. The molecule has 0 aromatic rings. The molecule has 4 heteroatoms. The molecule has 1 aliphatic carbocycles. The molecule has 0 aromatic carbocycles. The number of hydrogen-bond acceptors (Lipinski definition) is 4. The van der Waals surface area contributed by atoms with Crippen LogP contribution in [0.5, 0.6) is 0 Å². The average molecular weight is 273 g/mol. The molecule has 0 amide bonds. The van der Waals surface area contributed by atoms with Gasteiger partial charge in [0.25, 0.3) is 0 Å². The molecule has 0 aliphatic heterocycles. The van der Waals surface area contributed by atoms with E-state index in [0.717, 1.165) is 19.4 Å². The first-order valence-corrected chi connectivity index (χ1v) is 7.45. The van der Waals surface area contributed by atoms with Gasteiger partial charge < -0.3 is 19.9 Å². The van der Waals surface area contributed by atoms with Gasteiger partial charge in [0.1, 0.15) is 0 Å². The van der Waals surface area contributed by atoms with Crippen LogP contribution in [0.15, 0.2) is 0 Å². The second-order valence-electron chi connectivity index (χ2n) is 6.81. The smallest absolute Gasteiger partial charge is 0.0707 e. The molecule has 0 bridgehead atoms. The van der Waals surface area contributed by atoms with Crippen LogP contribution < -0.4 is 5.32 Å². The molecule has 0 spiro atoms. The zero-order valence-electron chi connectivity index (χ0n) is 13.0. The van der Waals surface area contributed by atoms with Crippen LogP contribution in [0.4, 0.5) is 0 Å². The molecule has 1 saturated carbocycles. The number of aliphatic hydroxyl groups is 1. The lowest BCUT2D eigenvalue weighted by molar-refractivity contribution is -0.0357. The normalized spacial score (nSPS) is 19.4. The molecule has 1 rings (SSSR count). The fourth-order valence-corrected chi connectivity index (χ4v) is 1.99.